The molecule has 3 aliphatic rings. The molecule has 3 fully saturated rings. The van der Waals surface area contributed by atoms with Crippen molar-refractivity contribution in [2.45, 2.75) is 76.7 Å². The fraction of sp³-hybridized carbons (Fsp3) is 0.850. The standard InChI is InChI=1S/C20H32N2O6/c1-4-7-10-21-17(24)16-20-9-8-13(28-20)14(19(26)27-6-3)15(20)18(25)22(16)12(5-2)11-23/h12-16,23H,4-11H2,1-3H3,(H,21,24)/t12-,13-,14+,15+,16-,20+/m0/s1. The van der Waals surface area contributed by atoms with Gasteiger partial charge in [-0.15, -0.1) is 0 Å². The second kappa shape index (κ2) is 8.37. The van der Waals surface area contributed by atoms with Crippen molar-refractivity contribution in [1.29, 1.82) is 0 Å². The average Bonchev–Trinajstić information content (AvgIpc) is 3.31. The van der Waals surface area contributed by atoms with Crippen molar-refractivity contribution in [2.24, 2.45) is 11.8 Å². The van der Waals surface area contributed by atoms with E-state index >= 15 is 0 Å². The second-order valence-electron chi connectivity index (χ2n) is 7.94. The quantitative estimate of drug-likeness (QED) is 0.437. The topological polar surface area (TPSA) is 105 Å². The molecule has 1 spiro atoms. The molecule has 2 amide bonds. The van der Waals surface area contributed by atoms with Gasteiger partial charge >= 0.3 is 5.97 Å². The maximum absolute atomic E-state index is 13.4. The molecule has 0 aliphatic carbocycles. The molecular weight excluding hydrogens is 364 g/mol. The number of nitrogens with one attached hydrogen (secondary N) is 1. The van der Waals surface area contributed by atoms with Crippen LogP contribution < -0.4 is 5.32 Å². The lowest BCUT2D eigenvalue weighted by atomic mass is 9.71. The summed E-state index contributed by atoms with van der Waals surface area (Å²) < 4.78 is 11.5. The second-order valence-corrected chi connectivity index (χ2v) is 7.94. The zero-order valence-electron chi connectivity index (χ0n) is 17.0. The van der Waals surface area contributed by atoms with Crippen molar-refractivity contribution in [1.82, 2.24) is 10.2 Å². The first-order valence-corrected chi connectivity index (χ1v) is 10.5. The summed E-state index contributed by atoms with van der Waals surface area (Å²) in [5.41, 5.74) is -1.02. The fourth-order valence-electron chi connectivity index (χ4n) is 5.19. The molecular formula is C20H32N2O6. The Bertz CT molecular complexity index is 622. The number of nitrogens with zero attached hydrogens (tertiary/aromatic N) is 1. The predicted octanol–water partition coefficient (Wildman–Crippen LogP) is 0.611. The van der Waals surface area contributed by atoms with Crippen molar-refractivity contribution >= 4 is 17.8 Å². The average molecular weight is 396 g/mol. The third-order valence-corrected chi connectivity index (χ3v) is 6.45. The Morgan fingerprint density at radius 3 is 2.75 bits per heavy atom. The Morgan fingerprint density at radius 1 is 1.39 bits per heavy atom. The minimum absolute atomic E-state index is 0.231. The Labute approximate surface area is 165 Å². The van der Waals surface area contributed by atoms with Crippen LogP contribution in [-0.2, 0) is 23.9 Å². The van der Waals surface area contributed by atoms with Crippen molar-refractivity contribution in [3.8, 4) is 0 Å². The molecule has 158 valence electrons. The van der Waals surface area contributed by atoms with Crippen LogP contribution in [0.3, 0.4) is 0 Å². The van der Waals surface area contributed by atoms with Crippen LogP contribution in [0.5, 0.6) is 0 Å². The van der Waals surface area contributed by atoms with E-state index in [4.69, 9.17) is 9.47 Å². The molecule has 0 radical (unpaired) electrons. The molecule has 0 unspecified atom stereocenters. The van der Waals surface area contributed by atoms with Crippen molar-refractivity contribution in [3.63, 3.8) is 0 Å². The van der Waals surface area contributed by atoms with Crippen molar-refractivity contribution in [3.05, 3.63) is 0 Å². The van der Waals surface area contributed by atoms with E-state index in [0.717, 1.165) is 12.8 Å². The van der Waals surface area contributed by atoms with Gasteiger partial charge in [0.1, 0.15) is 11.6 Å². The molecule has 0 aromatic heterocycles. The van der Waals surface area contributed by atoms with E-state index in [1.165, 1.54) is 4.90 Å². The number of aliphatic hydroxyl groups is 1. The number of hydrogen-bond acceptors (Lipinski definition) is 6. The van der Waals surface area contributed by atoms with E-state index in [0.29, 0.717) is 25.8 Å². The van der Waals surface area contributed by atoms with Crippen LogP contribution >= 0.6 is 0 Å². The minimum atomic E-state index is -1.02. The Balaban J connectivity index is 1.97. The predicted molar refractivity (Wildman–Crippen MR) is 100 cm³/mol. The van der Waals surface area contributed by atoms with Crippen LogP contribution in [0.15, 0.2) is 0 Å². The number of likely N-dealkylation sites (tertiary alicyclic amines) is 1. The molecule has 2 N–H and O–H groups in total. The molecule has 28 heavy (non-hydrogen) atoms. The number of rotatable bonds is 9. The van der Waals surface area contributed by atoms with Gasteiger partial charge in [-0.2, -0.15) is 0 Å². The van der Waals surface area contributed by atoms with E-state index < -0.39 is 41.6 Å². The molecule has 8 nitrogen and oxygen atoms in total. The summed E-state index contributed by atoms with van der Waals surface area (Å²) in [6.07, 6.45) is 3.07. The molecule has 0 aromatic rings. The highest BCUT2D eigenvalue weighted by atomic mass is 16.6. The van der Waals surface area contributed by atoms with Gasteiger partial charge in [0.2, 0.25) is 11.8 Å². The van der Waals surface area contributed by atoms with Crippen molar-refractivity contribution < 1.29 is 29.0 Å². The molecule has 6 atom stereocenters. The number of esters is 1. The van der Waals surface area contributed by atoms with Gasteiger partial charge in [-0.25, -0.2) is 0 Å². The first-order valence-electron chi connectivity index (χ1n) is 10.5. The highest BCUT2D eigenvalue weighted by Gasteiger charge is 2.75. The number of aliphatic hydroxyl groups excluding tert-OH is 1. The zero-order valence-corrected chi connectivity index (χ0v) is 17.0. The Hall–Kier alpha value is -1.67. The van der Waals surface area contributed by atoms with Crippen LogP contribution in [0.25, 0.3) is 0 Å². The third kappa shape index (κ3) is 3.10. The lowest BCUT2D eigenvalue weighted by Crippen LogP contribution is -2.58. The number of carbonyl (C=O) groups excluding carboxylic acids is 3. The normalized spacial score (nSPS) is 34.4. The van der Waals surface area contributed by atoms with E-state index in [1.54, 1.807) is 6.92 Å². The van der Waals surface area contributed by atoms with Gasteiger partial charge in [-0.05, 0) is 32.6 Å². The summed E-state index contributed by atoms with van der Waals surface area (Å²) in [6, 6.07) is -1.32. The molecule has 0 saturated carbocycles. The van der Waals surface area contributed by atoms with E-state index in [2.05, 4.69) is 5.32 Å². The fourth-order valence-corrected chi connectivity index (χ4v) is 5.19. The number of fused-ring (bicyclic) bond motifs is 1. The van der Waals surface area contributed by atoms with Crippen LogP contribution in [0, 0.1) is 11.8 Å². The molecule has 3 aliphatic heterocycles. The number of unbranched alkanes of at least 4 members (excludes halogenated alkanes) is 1. The van der Waals surface area contributed by atoms with Crippen LogP contribution in [-0.4, -0.2) is 71.3 Å². The lowest BCUT2D eigenvalue weighted by Gasteiger charge is -2.36. The van der Waals surface area contributed by atoms with Crippen LogP contribution in [0.4, 0.5) is 0 Å². The minimum Gasteiger partial charge on any atom is -0.466 e. The number of carbonyl (C=O) groups is 3. The number of hydrogen-bond donors (Lipinski definition) is 2. The molecule has 3 saturated heterocycles. The SMILES string of the molecule is CCCCNC(=O)[C@@H]1N([C@@H](CC)CO)C(=O)[C@H]2[C@H](C(=O)OCC)[C@@H]3CC[C@]12O3. The van der Waals surface area contributed by atoms with Gasteiger partial charge in [-0.1, -0.05) is 20.3 Å². The molecule has 2 bridgehead atoms. The Kier molecular flexibility index (Phi) is 6.29. The maximum Gasteiger partial charge on any atom is 0.312 e. The number of ether oxygens (including phenoxy) is 2. The van der Waals surface area contributed by atoms with Gasteiger partial charge in [0.25, 0.3) is 0 Å². The Morgan fingerprint density at radius 2 is 2.14 bits per heavy atom. The van der Waals surface area contributed by atoms with E-state index in [-0.39, 0.29) is 25.0 Å². The van der Waals surface area contributed by atoms with Crippen LogP contribution in [0.1, 0.15) is 52.9 Å². The smallest absolute Gasteiger partial charge is 0.312 e. The highest BCUT2D eigenvalue weighted by Crippen LogP contribution is 2.59. The summed E-state index contributed by atoms with van der Waals surface area (Å²) in [5, 5.41) is 12.8. The maximum atomic E-state index is 13.4. The van der Waals surface area contributed by atoms with E-state index in [1.807, 2.05) is 13.8 Å². The van der Waals surface area contributed by atoms with Gasteiger partial charge in [0, 0.05) is 6.54 Å². The molecule has 3 rings (SSSR count). The largest absolute Gasteiger partial charge is 0.466 e. The summed E-state index contributed by atoms with van der Waals surface area (Å²) in [6.45, 7) is 6.15. The first-order chi connectivity index (χ1) is 13.5. The van der Waals surface area contributed by atoms with Crippen LogP contribution in [0.2, 0.25) is 0 Å². The van der Waals surface area contributed by atoms with Gasteiger partial charge in [0.15, 0.2) is 0 Å². The summed E-state index contributed by atoms with van der Waals surface area (Å²) in [4.78, 5) is 40.7. The van der Waals surface area contributed by atoms with Crippen molar-refractivity contribution in [2.75, 3.05) is 19.8 Å². The molecule has 3 heterocycles. The first kappa shape index (κ1) is 21.0. The highest BCUT2D eigenvalue weighted by molar-refractivity contribution is 5.98. The summed E-state index contributed by atoms with van der Waals surface area (Å²) in [5.74, 6) is -2.39. The third-order valence-electron chi connectivity index (χ3n) is 6.45. The number of amides is 2. The monoisotopic (exact) mass is 396 g/mol. The van der Waals surface area contributed by atoms with Gasteiger partial charge in [0.05, 0.1) is 37.2 Å². The van der Waals surface area contributed by atoms with E-state index in [9.17, 15) is 19.5 Å². The summed E-state index contributed by atoms with van der Waals surface area (Å²) >= 11 is 0. The lowest BCUT2D eigenvalue weighted by molar-refractivity contribution is -0.155. The van der Waals surface area contributed by atoms with Gasteiger partial charge < -0.3 is 24.8 Å². The molecule has 8 heteroatoms. The molecule has 0 aromatic carbocycles. The zero-order chi connectivity index (χ0) is 20.5. The summed E-state index contributed by atoms with van der Waals surface area (Å²) in [7, 11) is 0. The van der Waals surface area contributed by atoms with Gasteiger partial charge in [-0.3, -0.25) is 14.4 Å².